The van der Waals surface area contributed by atoms with Gasteiger partial charge in [-0.05, 0) is 16.7 Å². The van der Waals surface area contributed by atoms with Crippen molar-refractivity contribution >= 4 is 0 Å². The lowest BCUT2D eigenvalue weighted by atomic mass is 10.1. The molecule has 0 radical (unpaired) electrons. The molecule has 0 spiro atoms. The third kappa shape index (κ3) is 6.77. The quantitative estimate of drug-likeness (QED) is 0.296. The molecule has 0 unspecified atom stereocenters. The Morgan fingerprint density at radius 3 is 1.63 bits per heavy atom. The zero-order chi connectivity index (χ0) is 24.3. The van der Waals surface area contributed by atoms with Crippen molar-refractivity contribution in [2.24, 2.45) is 0 Å². The van der Waals surface area contributed by atoms with Crippen LogP contribution in [0, 0.1) is 0 Å². The van der Waals surface area contributed by atoms with Gasteiger partial charge in [-0.25, -0.2) is 0 Å². The molecule has 1 aliphatic rings. The summed E-state index contributed by atoms with van der Waals surface area (Å²) in [6.07, 6.45) is 3.53. The largest absolute Gasteiger partial charge is 0.375 e. The molecule has 0 aromatic heterocycles. The first-order valence-corrected chi connectivity index (χ1v) is 12.2. The summed E-state index contributed by atoms with van der Waals surface area (Å²) in [6.45, 7) is 10.9. The molecule has 4 atom stereocenters. The molecule has 0 amide bonds. The van der Waals surface area contributed by atoms with Crippen LogP contribution in [0.5, 0.6) is 0 Å². The SMILES string of the molecule is C=CCN1[C@H](C=C)[C@@H](OCc2ccccc2)[C@H](OCc2ccccc2)[C@@H]1COCc1ccccc1. The summed E-state index contributed by atoms with van der Waals surface area (Å²) in [7, 11) is 0. The number of hydrogen-bond donors (Lipinski definition) is 0. The molecule has 35 heavy (non-hydrogen) atoms. The van der Waals surface area contributed by atoms with Gasteiger partial charge in [-0.2, -0.15) is 0 Å². The fourth-order valence-electron chi connectivity index (χ4n) is 4.68. The Labute approximate surface area is 209 Å². The number of rotatable bonds is 13. The Morgan fingerprint density at radius 2 is 1.14 bits per heavy atom. The van der Waals surface area contributed by atoms with E-state index in [1.807, 2.05) is 66.7 Å². The first-order valence-electron chi connectivity index (χ1n) is 12.2. The molecule has 0 saturated carbocycles. The smallest absolute Gasteiger partial charge is 0.105 e. The van der Waals surface area contributed by atoms with Gasteiger partial charge in [0.05, 0.1) is 38.5 Å². The van der Waals surface area contributed by atoms with Gasteiger partial charge < -0.3 is 14.2 Å². The van der Waals surface area contributed by atoms with Gasteiger partial charge in [0.15, 0.2) is 0 Å². The summed E-state index contributed by atoms with van der Waals surface area (Å²) in [6, 6.07) is 30.7. The highest BCUT2D eigenvalue weighted by Gasteiger charge is 2.49. The highest BCUT2D eigenvalue weighted by Crippen LogP contribution is 2.32. The van der Waals surface area contributed by atoms with Gasteiger partial charge in [0.25, 0.3) is 0 Å². The monoisotopic (exact) mass is 469 g/mol. The lowest BCUT2D eigenvalue weighted by molar-refractivity contribution is -0.0842. The van der Waals surface area contributed by atoms with Crippen LogP contribution < -0.4 is 0 Å². The molecular formula is C31H35NO3. The van der Waals surface area contributed by atoms with Crippen LogP contribution in [-0.4, -0.2) is 42.3 Å². The van der Waals surface area contributed by atoms with Crippen LogP contribution >= 0.6 is 0 Å². The van der Waals surface area contributed by atoms with Crippen molar-refractivity contribution in [2.45, 2.75) is 44.1 Å². The normalized spacial score (nSPS) is 22.2. The van der Waals surface area contributed by atoms with E-state index in [-0.39, 0.29) is 24.3 Å². The van der Waals surface area contributed by atoms with E-state index in [9.17, 15) is 0 Å². The summed E-state index contributed by atoms with van der Waals surface area (Å²) >= 11 is 0. The molecule has 1 heterocycles. The van der Waals surface area contributed by atoms with Crippen LogP contribution in [-0.2, 0) is 34.0 Å². The maximum atomic E-state index is 6.59. The number of nitrogens with zero attached hydrogens (tertiary/aromatic N) is 1. The van der Waals surface area contributed by atoms with Crippen LogP contribution in [0.15, 0.2) is 116 Å². The topological polar surface area (TPSA) is 30.9 Å². The van der Waals surface area contributed by atoms with E-state index in [2.05, 4.69) is 54.5 Å². The molecule has 0 N–H and O–H groups in total. The minimum atomic E-state index is -0.183. The standard InChI is InChI=1S/C31H35NO3/c1-3-20-32-28(4-2)30(34-22-26-16-10-6-11-17-26)31(35-23-27-18-12-7-13-19-27)29(32)24-33-21-25-14-8-5-9-15-25/h3-19,28-31H,1-2,20-24H2/t28-,29+,30-,31-/m1/s1. The Morgan fingerprint density at radius 1 is 0.657 bits per heavy atom. The van der Waals surface area contributed by atoms with Crippen molar-refractivity contribution in [1.29, 1.82) is 0 Å². The van der Waals surface area contributed by atoms with E-state index >= 15 is 0 Å². The average molecular weight is 470 g/mol. The average Bonchev–Trinajstić information content (AvgIpc) is 3.19. The summed E-state index contributed by atoms with van der Waals surface area (Å²) in [5.41, 5.74) is 3.42. The first kappa shape index (κ1) is 25.1. The van der Waals surface area contributed by atoms with Crippen LogP contribution in [0.1, 0.15) is 16.7 Å². The van der Waals surface area contributed by atoms with Crippen LogP contribution in [0.2, 0.25) is 0 Å². The van der Waals surface area contributed by atoms with Gasteiger partial charge in [-0.3, -0.25) is 4.90 Å². The fraction of sp³-hybridized carbons (Fsp3) is 0.290. The Bertz CT molecular complexity index is 1020. The van der Waals surface area contributed by atoms with Crippen molar-refractivity contribution in [3.05, 3.63) is 133 Å². The number of likely N-dealkylation sites (tertiary alicyclic amines) is 1. The van der Waals surface area contributed by atoms with Gasteiger partial charge in [-0.15, -0.1) is 13.2 Å². The van der Waals surface area contributed by atoms with Crippen LogP contribution in [0.4, 0.5) is 0 Å². The van der Waals surface area contributed by atoms with E-state index in [4.69, 9.17) is 14.2 Å². The molecule has 4 nitrogen and oxygen atoms in total. The van der Waals surface area contributed by atoms with Gasteiger partial charge >= 0.3 is 0 Å². The highest BCUT2D eigenvalue weighted by atomic mass is 16.5. The molecule has 1 aliphatic heterocycles. The minimum Gasteiger partial charge on any atom is -0.375 e. The molecule has 182 valence electrons. The second kappa shape index (κ2) is 13.2. The molecule has 3 aromatic rings. The molecule has 0 bridgehead atoms. The number of ether oxygens (including phenoxy) is 3. The number of hydrogen-bond acceptors (Lipinski definition) is 4. The maximum absolute atomic E-state index is 6.59. The summed E-state index contributed by atoms with van der Waals surface area (Å²) in [5.74, 6) is 0. The third-order valence-electron chi connectivity index (χ3n) is 6.40. The van der Waals surface area contributed by atoms with E-state index < -0.39 is 0 Å². The zero-order valence-corrected chi connectivity index (χ0v) is 20.2. The molecule has 3 aromatic carbocycles. The van der Waals surface area contributed by atoms with E-state index in [0.29, 0.717) is 33.0 Å². The lowest BCUT2D eigenvalue weighted by Gasteiger charge is -2.28. The van der Waals surface area contributed by atoms with Crippen molar-refractivity contribution in [2.75, 3.05) is 13.2 Å². The molecule has 1 saturated heterocycles. The number of benzene rings is 3. The van der Waals surface area contributed by atoms with E-state index in [1.165, 1.54) is 0 Å². The fourth-order valence-corrected chi connectivity index (χ4v) is 4.68. The predicted molar refractivity (Wildman–Crippen MR) is 141 cm³/mol. The first-order chi connectivity index (χ1) is 17.3. The molecular weight excluding hydrogens is 434 g/mol. The Kier molecular flexibility index (Phi) is 9.44. The second-order valence-electron chi connectivity index (χ2n) is 8.80. The van der Waals surface area contributed by atoms with Crippen LogP contribution in [0.3, 0.4) is 0 Å². The maximum Gasteiger partial charge on any atom is 0.105 e. The van der Waals surface area contributed by atoms with Gasteiger partial charge in [0.2, 0.25) is 0 Å². The van der Waals surface area contributed by atoms with Crippen molar-refractivity contribution < 1.29 is 14.2 Å². The summed E-state index contributed by atoms with van der Waals surface area (Å²) < 4.78 is 19.3. The lowest BCUT2D eigenvalue weighted by Crippen LogP contribution is -2.42. The van der Waals surface area contributed by atoms with Gasteiger partial charge in [0, 0.05) is 6.54 Å². The Hall–Kier alpha value is -3.02. The predicted octanol–water partition coefficient (Wildman–Crippen LogP) is 5.80. The summed E-state index contributed by atoms with van der Waals surface area (Å²) in [5, 5.41) is 0. The molecule has 4 rings (SSSR count). The zero-order valence-electron chi connectivity index (χ0n) is 20.2. The molecule has 0 aliphatic carbocycles. The van der Waals surface area contributed by atoms with Crippen molar-refractivity contribution in [3.8, 4) is 0 Å². The Balaban J connectivity index is 1.53. The van der Waals surface area contributed by atoms with Crippen molar-refractivity contribution in [1.82, 2.24) is 4.90 Å². The molecule has 4 heteroatoms. The second-order valence-corrected chi connectivity index (χ2v) is 8.80. The highest BCUT2D eigenvalue weighted by molar-refractivity contribution is 5.17. The van der Waals surface area contributed by atoms with Crippen LogP contribution in [0.25, 0.3) is 0 Å². The van der Waals surface area contributed by atoms with Crippen molar-refractivity contribution in [3.63, 3.8) is 0 Å². The third-order valence-corrected chi connectivity index (χ3v) is 6.40. The van der Waals surface area contributed by atoms with E-state index in [0.717, 1.165) is 16.7 Å². The summed E-state index contributed by atoms with van der Waals surface area (Å²) in [4.78, 5) is 2.34. The van der Waals surface area contributed by atoms with E-state index in [1.54, 1.807) is 0 Å². The molecule has 1 fully saturated rings. The minimum absolute atomic E-state index is 0.00389. The van der Waals surface area contributed by atoms with Gasteiger partial charge in [0.1, 0.15) is 12.2 Å². The van der Waals surface area contributed by atoms with Gasteiger partial charge in [-0.1, -0.05) is 103 Å².